The molecule has 0 radical (unpaired) electrons. The van der Waals surface area contributed by atoms with E-state index in [1.165, 1.54) is 0 Å². The molecule has 0 aliphatic carbocycles. The molecule has 0 N–H and O–H groups in total. The van der Waals surface area contributed by atoms with Crippen LogP contribution < -0.4 is 0 Å². The molecule has 0 aliphatic heterocycles. The Balaban J connectivity index is 2.95. The van der Waals surface area contributed by atoms with E-state index < -0.39 is 0 Å². The van der Waals surface area contributed by atoms with E-state index in [4.69, 9.17) is 0 Å². The predicted molar refractivity (Wildman–Crippen MR) is 36.5 cm³/mol. The quantitative estimate of drug-likeness (QED) is 0.561. The number of hydrogen-bond donors (Lipinski definition) is 0. The summed E-state index contributed by atoms with van der Waals surface area (Å²) in [6.45, 7) is 0. The molecule has 3 heteroatoms. The Morgan fingerprint density at radius 2 is 1.56 bits per heavy atom. The number of rotatable bonds is 0. The first kappa shape index (κ1) is 5.15. The molecule has 0 amide bonds. The molecule has 0 saturated carbocycles. The molecule has 0 saturated heterocycles. The van der Waals surface area contributed by atoms with Crippen LogP contribution in [0.5, 0.6) is 0 Å². The average Bonchev–Trinajstić information content (AvgIpc) is 2.33. The second kappa shape index (κ2) is 1.94. The molecule has 0 atom stereocenters. The Bertz CT molecular complexity index is 285. The van der Waals surface area contributed by atoms with Crippen LogP contribution in [0.15, 0.2) is 22.3 Å². The first-order chi connectivity index (χ1) is 4.47. The summed E-state index contributed by atoms with van der Waals surface area (Å²) in [5, 5.41) is 0. The molecule has 2 heterocycles. The van der Waals surface area contributed by atoms with Gasteiger partial charge in [-0.05, 0) is 0 Å². The van der Waals surface area contributed by atoms with Gasteiger partial charge in [-0.15, -0.1) is 0 Å². The minimum atomic E-state index is 0.504. The van der Waals surface area contributed by atoms with E-state index in [1.54, 1.807) is 12.4 Å². The molecule has 0 unspecified atom stereocenters. The third kappa shape index (κ3) is 0.784. The fraction of sp³-hybridized carbons (Fsp3) is 0. The molecule has 9 heavy (non-hydrogen) atoms. The topological polar surface area (TPSA) is 25.8 Å². The van der Waals surface area contributed by atoms with Crippen LogP contribution in [0.4, 0.5) is 0 Å². The van der Waals surface area contributed by atoms with E-state index in [-0.39, 0.29) is 0 Å². The van der Waals surface area contributed by atoms with Crippen LogP contribution in [0.2, 0.25) is 0 Å². The summed E-state index contributed by atoms with van der Waals surface area (Å²) in [6.07, 6.45) is 3.45. The van der Waals surface area contributed by atoms with Crippen molar-refractivity contribution in [2.75, 3.05) is 0 Å². The zero-order chi connectivity index (χ0) is 6.10. The van der Waals surface area contributed by atoms with Crippen molar-refractivity contribution in [3.05, 3.63) is 22.3 Å². The van der Waals surface area contributed by atoms with Crippen LogP contribution in [0.3, 0.4) is 0 Å². The monoisotopic (exact) mass is 184 g/mol. The third-order valence-corrected chi connectivity index (χ3v) is 2.62. The maximum atomic E-state index is 4.13. The van der Waals surface area contributed by atoms with Crippen molar-refractivity contribution < 1.29 is 0 Å². The van der Waals surface area contributed by atoms with Gasteiger partial charge in [-0.25, -0.2) is 0 Å². The van der Waals surface area contributed by atoms with E-state index in [0.29, 0.717) is 14.5 Å². The van der Waals surface area contributed by atoms with E-state index in [0.717, 1.165) is 11.0 Å². The van der Waals surface area contributed by atoms with Crippen molar-refractivity contribution in [3.63, 3.8) is 0 Å². The van der Waals surface area contributed by atoms with Crippen molar-refractivity contribution >= 4 is 25.5 Å². The van der Waals surface area contributed by atoms with Gasteiger partial charge in [0.05, 0.1) is 0 Å². The van der Waals surface area contributed by atoms with Crippen LogP contribution in [0.1, 0.15) is 0 Å². The molecule has 2 aromatic heterocycles. The van der Waals surface area contributed by atoms with Crippen molar-refractivity contribution in [1.29, 1.82) is 0 Å². The Morgan fingerprint density at radius 1 is 1.00 bits per heavy atom. The Labute approximate surface area is 58.3 Å². The molecular formula is C6H4N2Se. The van der Waals surface area contributed by atoms with Crippen molar-refractivity contribution in [3.8, 4) is 0 Å². The van der Waals surface area contributed by atoms with Crippen LogP contribution in [0.25, 0.3) is 11.0 Å². The fourth-order valence-electron chi connectivity index (χ4n) is 0.704. The van der Waals surface area contributed by atoms with Crippen LogP contribution >= 0.6 is 0 Å². The van der Waals surface area contributed by atoms with Crippen LogP contribution in [0, 0.1) is 0 Å². The fourth-order valence-corrected chi connectivity index (χ4v) is 2.15. The first-order valence-electron chi connectivity index (χ1n) is 2.60. The van der Waals surface area contributed by atoms with Gasteiger partial charge in [-0.1, -0.05) is 0 Å². The second-order valence-corrected chi connectivity index (χ2v) is 3.26. The van der Waals surface area contributed by atoms with Crippen molar-refractivity contribution in [2.24, 2.45) is 0 Å². The van der Waals surface area contributed by atoms with Gasteiger partial charge in [-0.3, -0.25) is 0 Å². The van der Waals surface area contributed by atoms with E-state index >= 15 is 0 Å². The molecule has 0 bridgehead atoms. The van der Waals surface area contributed by atoms with Gasteiger partial charge < -0.3 is 0 Å². The van der Waals surface area contributed by atoms with Gasteiger partial charge in [0, 0.05) is 0 Å². The number of aromatic nitrogens is 2. The third-order valence-electron chi connectivity index (χ3n) is 1.12. The molecule has 2 rings (SSSR count). The molecular weight excluding hydrogens is 179 g/mol. The van der Waals surface area contributed by atoms with Crippen molar-refractivity contribution in [2.45, 2.75) is 0 Å². The Morgan fingerprint density at radius 3 is 2.11 bits per heavy atom. The Kier molecular flexibility index (Phi) is 1.11. The van der Waals surface area contributed by atoms with Gasteiger partial charge in [0.1, 0.15) is 0 Å². The zero-order valence-electron chi connectivity index (χ0n) is 4.61. The molecule has 2 nitrogen and oxygen atoms in total. The summed E-state index contributed by atoms with van der Waals surface area (Å²) in [4.78, 5) is 12.5. The maximum absolute atomic E-state index is 4.13. The van der Waals surface area contributed by atoms with Crippen molar-refractivity contribution in [1.82, 2.24) is 9.97 Å². The van der Waals surface area contributed by atoms with Gasteiger partial charge in [-0.2, -0.15) is 0 Å². The second-order valence-electron chi connectivity index (χ2n) is 1.70. The summed E-state index contributed by atoms with van der Waals surface area (Å²) in [5.41, 5.74) is 2.11. The molecule has 0 aliphatic rings. The van der Waals surface area contributed by atoms with E-state index in [9.17, 15) is 0 Å². The molecule has 0 fully saturated rings. The summed E-state index contributed by atoms with van der Waals surface area (Å²) in [5.74, 6) is 0. The summed E-state index contributed by atoms with van der Waals surface area (Å²) < 4.78 is 0. The summed E-state index contributed by atoms with van der Waals surface area (Å²) in [6, 6.07) is 0. The minimum absolute atomic E-state index is 0.504. The predicted octanol–water partition coefficient (Wildman–Crippen LogP) is 0.687. The average molecular weight is 183 g/mol. The molecule has 0 aromatic carbocycles. The van der Waals surface area contributed by atoms with Crippen LogP contribution in [-0.4, -0.2) is 24.5 Å². The van der Waals surface area contributed by atoms with Gasteiger partial charge in [0.2, 0.25) is 0 Å². The normalized spacial score (nSPS) is 10.2. The summed E-state index contributed by atoms with van der Waals surface area (Å²) in [7, 11) is 0. The molecule has 2 aromatic rings. The number of hydrogen-bond acceptors (Lipinski definition) is 2. The summed E-state index contributed by atoms with van der Waals surface area (Å²) >= 11 is 0.504. The number of fused-ring (bicyclic) bond motifs is 1. The van der Waals surface area contributed by atoms with Gasteiger partial charge in [0.15, 0.2) is 0 Å². The zero-order valence-corrected chi connectivity index (χ0v) is 6.33. The SMILES string of the molecule is c1cnc2c[se]cc2n1. The van der Waals surface area contributed by atoms with E-state index in [2.05, 4.69) is 19.8 Å². The number of nitrogens with zero attached hydrogens (tertiary/aromatic N) is 2. The molecule has 44 valence electrons. The van der Waals surface area contributed by atoms with E-state index in [1.807, 2.05) is 0 Å². The van der Waals surface area contributed by atoms with Crippen LogP contribution in [-0.2, 0) is 0 Å². The van der Waals surface area contributed by atoms with Gasteiger partial charge in [0.25, 0.3) is 0 Å². The standard InChI is InChI=1S/C6H4N2Se/c1-2-8-6-4-9-3-5(6)7-1/h1-4H. The van der Waals surface area contributed by atoms with Gasteiger partial charge >= 0.3 is 57.8 Å². The first-order valence-corrected chi connectivity index (χ1v) is 4.57. The Hall–Kier alpha value is -0.661. The molecule has 0 spiro atoms.